The molecule has 1 N–H and O–H groups in total. The highest BCUT2D eigenvalue weighted by atomic mass is 32.2. The van der Waals surface area contributed by atoms with Gasteiger partial charge in [0.05, 0.1) is 10.9 Å². The standard InChI is InChI=1S/C16H14N2OS/c1-11(12-7-3-2-4-8-12)20-16-17-14-10-6-5-9-13(14)15(19)18-16/h2-11H,1H3,(H,17,18,19)/t11-/m1/s1. The van der Waals surface area contributed by atoms with Crippen LogP contribution in [0.2, 0.25) is 0 Å². The molecule has 4 heteroatoms. The summed E-state index contributed by atoms with van der Waals surface area (Å²) < 4.78 is 0. The minimum atomic E-state index is -0.0849. The number of H-pyrrole nitrogens is 1. The van der Waals surface area contributed by atoms with E-state index in [2.05, 4.69) is 29.0 Å². The summed E-state index contributed by atoms with van der Waals surface area (Å²) in [6.07, 6.45) is 0. The van der Waals surface area contributed by atoms with Crippen molar-refractivity contribution < 1.29 is 0 Å². The van der Waals surface area contributed by atoms with E-state index in [1.54, 1.807) is 17.8 Å². The SMILES string of the molecule is C[C@@H](Sc1nc2ccccc2c(=O)[nH]1)c1ccccc1. The van der Waals surface area contributed by atoms with Crippen LogP contribution in [0.5, 0.6) is 0 Å². The van der Waals surface area contributed by atoms with E-state index in [0.717, 1.165) is 5.52 Å². The van der Waals surface area contributed by atoms with Crippen LogP contribution in [0, 0.1) is 0 Å². The fraction of sp³-hybridized carbons (Fsp3) is 0.125. The van der Waals surface area contributed by atoms with Gasteiger partial charge in [-0.25, -0.2) is 4.98 Å². The average Bonchev–Trinajstić information content (AvgIpc) is 2.48. The van der Waals surface area contributed by atoms with Gasteiger partial charge in [-0.1, -0.05) is 54.2 Å². The number of nitrogens with one attached hydrogen (secondary N) is 1. The maximum absolute atomic E-state index is 12.0. The molecule has 3 rings (SSSR count). The van der Waals surface area contributed by atoms with Crippen LogP contribution in [-0.2, 0) is 0 Å². The van der Waals surface area contributed by atoms with Gasteiger partial charge in [0.1, 0.15) is 0 Å². The molecule has 1 atom stereocenters. The molecule has 0 aliphatic heterocycles. The van der Waals surface area contributed by atoms with Gasteiger partial charge in [-0.3, -0.25) is 4.79 Å². The summed E-state index contributed by atoms with van der Waals surface area (Å²) in [5.74, 6) is 0. The monoisotopic (exact) mass is 282 g/mol. The number of para-hydroxylation sites is 1. The number of fused-ring (bicyclic) bond motifs is 1. The first-order chi connectivity index (χ1) is 9.74. The third kappa shape index (κ3) is 2.60. The lowest BCUT2D eigenvalue weighted by Crippen LogP contribution is -2.09. The molecule has 0 saturated heterocycles. The van der Waals surface area contributed by atoms with Gasteiger partial charge in [0.25, 0.3) is 5.56 Å². The molecular formula is C16H14N2OS. The smallest absolute Gasteiger partial charge is 0.259 e. The van der Waals surface area contributed by atoms with E-state index in [9.17, 15) is 4.79 Å². The van der Waals surface area contributed by atoms with Gasteiger partial charge in [0.15, 0.2) is 5.16 Å². The van der Waals surface area contributed by atoms with Crippen molar-refractivity contribution in [1.82, 2.24) is 9.97 Å². The Hall–Kier alpha value is -2.07. The predicted molar refractivity (Wildman–Crippen MR) is 83.1 cm³/mol. The lowest BCUT2D eigenvalue weighted by Gasteiger charge is -2.10. The van der Waals surface area contributed by atoms with Crippen molar-refractivity contribution in [3.63, 3.8) is 0 Å². The Morgan fingerprint density at radius 1 is 1.05 bits per heavy atom. The topological polar surface area (TPSA) is 45.8 Å². The van der Waals surface area contributed by atoms with Gasteiger partial charge in [-0.2, -0.15) is 0 Å². The zero-order chi connectivity index (χ0) is 13.9. The van der Waals surface area contributed by atoms with Crippen LogP contribution in [0.1, 0.15) is 17.7 Å². The Labute approximate surface area is 121 Å². The first-order valence-corrected chi connectivity index (χ1v) is 7.32. The second-order valence-corrected chi connectivity index (χ2v) is 5.89. The second-order valence-electron chi connectivity index (χ2n) is 4.56. The van der Waals surface area contributed by atoms with Crippen LogP contribution in [0.15, 0.2) is 64.5 Å². The molecule has 2 aromatic carbocycles. The zero-order valence-electron chi connectivity index (χ0n) is 11.0. The number of benzene rings is 2. The van der Waals surface area contributed by atoms with Crippen molar-refractivity contribution in [3.05, 3.63) is 70.5 Å². The molecule has 0 radical (unpaired) electrons. The Bertz CT molecular complexity index is 783. The summed E-state index contributed by atoms with van der Waals surface area (Å²) in [5.41, 5.74) is 1.87. The number of aromatic nitrogens is 2. The van der Waals surface area contributed by atoms with Crippen molar-refractivity contribution >= 4 is 22.7 Å². The molecule has 1 aromatic heterocycles. The van der Waals surface area contributed by atoms with Gasteiger partial charge in [0.2, 0.25) is 0 Å². The minimum absolute atomic E-state index is 0.0849. The third-order valence-electron chi connectivity index (χ3n) is 3.15. The molecule has 0 bridgehead atoms. The number of rotatable bonds is 3. The van der Waals surface area contributed by atoms with Gasteiger partial charge >= 0.3 is 0 Å². The molecule has 0 unspecified atom stereocenters. The van der Waals surface area contributed by atoms with Crippen molar-refractivity contribution in [3.8, 4) is 0 Å². The summed E-state index contributed by atoms with van der Waals surface area (Å²) in [7, 11) is 0. The highest BCUT2D eigenvalue weighted by Gasteiger charge is 2.10. The lowest BCUT2D eigenvalue weighted by molar-refractivity contribution is 0.958. The van der Waals surface area contributed by atoms with Crippen LogP contribution >= 0.6 is 11.8 Å². The molecule has 0 aliphatic rings. The van der Waals surface area contributed by atoms with Crippen LogP contribution in [0.3, 0.4) is 0 Å². The Morgan fingerprint density at radius 2 is 1.75 bits per heavy atom. The Morgan fingerprint density at radius 3 is 2.55 bits per heavy atom. The summed E-state index contributed by atoms with van der Waals surface area (Å²) in [4.78, 5) is 19.4. The molecule has 0 aliphatic carbocycles. The molecule has 100 valence electrons. The molecule has 1 heterocycles. The number of nitrogens with zero attached hydrogens (tertiary/aromatic N) is 1. The third-order valence-corrected chi connectivity index (χ3v) is 4.19. The van der Waals surface area contributed by atoms with Crippen molar-refractivity contribution in [2.24, 2.45) is 0 Å². The maximum atomic E-state index is 12.0. The number of hydrogen-bond donors (Lipinski definition) is 1. The van der Waals surface area contributed by atoms with E-state index in [0.29, 0.717) is 10.5 Å². The molecule has 3 nitrogen and oxygen atoms in total. The fourth-order valence-corrected chi connectivity index (χ4v) is 3.01. The van der Waals surface area contributed by atoms with E-state index in [1.807, 2.05) is 36.4 Å². The van der Waals surface area contributed by atoms with Gasteiger partial charge in [-0.15, -0.1) is 0 Å². The van der Waals surface area contributed by atoms with E-state index < -0.39 is 0 Å². The molecule has 3 aromatic rings. The number of thioether (sulfide) groups is 1. The Kier molecular flexibility index (Phi) is 3.56. The molecule has 0 amide bonds. The van der Waals surface area contributed by atoms with Gasteiger partial charge < -0.3 is 4.98 Å². The zero-order valence-corrected chi connectivity index (χ0v) is 11.9. The fourth-order valence-electron chi connectivity index (χ4n) is 2.08. The predicted octanol–water partition coefficient (Wildman–Crippen LogP) is 3.78. The number of aromatic amines is 1. The van der Waals surface area contributed by atoms with E-state index in [-0.39, 0.29) is 10.8 Å². The summed E-state index contributed by atoms with van der Waals surface area (Å²) in [5, 5.41) is 1.52. The average molecular weight is 282 g/mol. The molecule has 0 spiro atoms. The number of hydrogen-bond acceptors (Lipinski definition) is 3. The summed E-state index contributed by atoms with van der Waals surface area (Å²) in [6, 6.07) is 17.6. The summed E-state index contributed by atoms with van der Waals surface area (Å²) >= 11 is 1.56. The first kappa shape index (κ1) is 12.9. The van der Waals surface area contributed by atoms with Crippen LogP contribution in [0.4, 0.5) is 0 Å². The van der Waals surface area contributed by atoms with E-state index in [1.165, 1.54) is 5.56 Å². The lowest BCUT2D eigenvalue weighted by atomic mass is 10.2. The quantitative estimate of drug-likeness (QED) is 0.587. The first-order valence-electron chi connectivity index (χ1n) is 6.45. The molecule has 0 saturated carbocycles. The largest absolute Gasteiger partial charge is 0.301 e. The molecule has 20 heavy (non-hydrogen) atoms. The highest BCUT2D eigenvalue weighted by Crippen LogP contribution is 2.32. The van der Waals surface area contributed by atoms with Crippen molar-refractivity contribution in [2.75, 3.05) is 0 Å². The summed E-state index contributed by atoms with van der Waals surface area (Å²) in [6.45, 7) is 2.11. The Balaban J connectivity index is 1.93. The minimum Gasteiger partial charge on any atom is -0.301 e. The van der Waals surface area contributed by atoms with E-state index in [4.69, 9.17) is 0 Å². The van der Waals surface area contributed by atoms with Gasteiger partial charge in [-0.05, 0) is 24.6 Å². The van der Waals surface area contributed by atoms with Gasteiger partial charge in [0, 0.05) is 5.25 Å². The molecule has 0 fully saturated rings. The second kappa shape index (κ2) is 5.51. The maximum Gasteiger partial charge on any atom is 0.259 e. The van der Waals surface area contributed by atoms with Crippen molar-refractivity contribution in [2.45, 2.75) is 17.3 Å². The van der Waals surface area contributed by atoms with Crippen LogP contribution in [0.25, 0.3) is 10.9 Å². The van der Waals surface area contributed by atoms with Crippen molar-refractivity contribution in [1.29, 1.82) is 0 Å². The molecular weight excluding hydrogens is 268 g/mol. The normalized spacial score (nSPS) is 12.4. The highest BCUT2D eigenvalue weighted by molar-refractivity contribution is 7.99. The van der Waals surface area contributed by atoms with Crippen LogP contribution in [-0.4, -0.2) is 9.97 Å². The van der Waals surface area contributed by atoms with E-state index >= 15 is 0 Å². The van der Waals surface area contributed by atoms with Crippen LogP contribution < -0.4 is 5.56 Å².